The van der Waals surface area contributed by atoms with Gasteiger partial charge in [-0.1, -0.05) is 31.9 Å². The van der Waals surface area contributed by atoms with Crippen LogP contribution in [0.4, 0.5) is 8.78 Å². The van der Waals surface area contributed by atoms with Crippen molar-refractivity contribution < 1.29 is 8.78 Å². The van der Waals surface area contributed by atoms with Crippen LogP contribution in [0.15, 0.2) is 43.1 Å². The number of aromatic nitrogens is 2. The molecule has 0 saturated heterocycles. The number of hydrogen-bond acceptors (Lipinski definition) is 3. The van der Waals surface area contributed by atoms with Crippen LogP contribution in [0.1, 0.15) is 54.6 Å². The number of rotatable bonds is 5. The number of halogens is 2. The average Bonchev–Trinajstić information content (AvgIpc) is 2.73. The third kappa shape index (κ3) is 4.29. The number of fused-ring (bicyclic) bond motifs is 1. The summed E-state index contributed by atoms with van der Waals surface area (Å²) < 4.78 is 29.2. The summed E-state index contributed by atoms with van der Waals surface area (Å²) in [5, 5.41) is 3.67. The van der Waals surface area contributed by atoms with E-state index in [1.54, 1.807) is 6.20 Å². The summed E-state index contributed by atoms with van der Waals surface area (Å²) in [4.78, 5) is 8.74. The molecule has 1 fully saturated rings. The monoisotopic (exact) mass is 393 g/mol. The van der Waals surface area contributed by atoms with Crippen molar-refractivity contribution in [1.29, 1.82) is 0 Å². The van der Waals surface area contributed by atoms with Gasteiger partial charge in [0.2, 0.25) is 0 Å². The highest BCUT2D eigenvalue weighted by Gasteiger charge is 2.18. The fourth-order valence-electron chi connectivity index (χ4n) is 4.03. The van der Waals surface area contributed by atoms with E-state index >= 15 is 0 Å². The van der Waals surface area contributed by atoms with Gasteiger partial charge in [0, 0.05) is 23.3 Å². The molecule has 2 aromatic heterocycles. The highest BCUT2D eigenvalue weighted by Crippen LogP contribution is 2.28. The lowest BCUT2D eigenvalue weighted by Crippen LogP contribution is -2.29. The minimum absolute atomic E-state index is 0.0455. The number of nitrogens with one attached hydrogen (secondary N) is 1. The van der Waals surface area contributed by atoms with Crippen molar-refractivity contribution in [2.45, 2.75) is 51.5 Å². The molecule has 3 nitrogen and oxygen atoms in total. The summed E-state index contributed by atoms with van der Waals surface area (Å²) in [6.45, 7) is 6.05. The van der Waals surface area contributed by atoms with E-state index in [1.165, 1.54) is 19.3 Å². The molecule has 0 atom stereocenters. The van der Waals surface area contributed by atoms with Gasteiger partial charge in [0.25, 0.3) is 0 Å². The molecule has 0 spiro atoms. The maximum absolute atomic E-state index is 14.6. The number of benzene rings is 1. The Labute approximate surface area is 169 Å². The lowest BCUT2D eigenvalue weighted by Gasteiger charge is -2.25. The van der Waals surface area contributed by atoms with Gasteiger partial charge >= 0.3 is 0 Å². The number of nitrogens with zero attached hydrogens (tertiary/aromatic N) is 2. The van der Waals surface area contributed by atoms with Crippen LogP contribution in [-0.4, -0.2) is 16.0 Å². The summed E-state index contributed by atoms with van der Waals surface area (Å²) in [5.74, 6) is -1.00. The molecule has 5 heteroatoms. The average molecular weight is 393 g/mol. The van der Waals surface area contributed by atoms with Crippen LogP contribution < -0.4 is 5.32 Å². The predicted molar refractivity (Wildman–Crippen MR) is 112 cm³/mol. The molecule has 0 aliphatic heterocycles. The molecule has 4 rings (SSSR count). The van der Waals surface area contributed by atoms with E-state index in [-0.39, 0.29) is 10.9 Å². The number of pyridine rings is 2. The maximum atomic E-state index is 14.6. The molecule has 1 aliphatic rings. The Morgan fingerprint density at radius 2 is 1.86 bits per heavy atom. The van der Waals surface area contributed by atoms with Crippen molar-refractivity contribution in [3.63, 3.8) is 0 Å². The second-order valence-corrected chi connectivity index (χ2v) is 7.86. The van der Waals surface area contributed by atoms with E-state index in [0.717, 1.165) is 36.2 Å². The predicted octanol–water partition coefficient (Wildman–Crippen LogP) is 5.70. The quantitative estimate of drug-likeness (QED) is 0.604. The van der Waals surface area contributed by atoms with Crippen LogP contribution in [0.25, 0.3) is 16.6 Å². The van der Waals surface area contributed by atoms with Crippen molar-refractivity contribution in [2.24, 2.45) is 0 Å². The second kappa shape index (κ2) is 8.27. The molecular formula is C24H25F2N3. The molecular weight excluding hydrogens is 368 g/mol. The second-order valence-electron chi connectivity index (χ2n) is 7.86. The van der Waals surface area contributed by atoms with Crippen LogP contribution >= 0.6 is 0 Å². The van der Waals surface area contributed by atoms with Gasteiger partial charge in [-0.2, -0.15) is 0 Å². The minimum Gasteiger partial charge on any atom is -0.381 e. The van der Waals surface area contributed by atoms with Crippen LogP contribution in [0.3, 0.4) is 0 Å². The number of hydrogen-bond donors (Lipinski definition) is 1. The Balaban J connectivity index is 1.74. The first kappa shape index (κ1) is 19.5. The van der Waals surface area contributed by atoms with Gasteiger partial charge < -0.3 is 5.32 Å². The first-order valence-electron chi connectivity index (χ1n) is 10.2. The van der Waals surface area contributed by atoms with Crippen molar-refractivity contribution >= 4 is 16.6 Å². The van der Waals surface area contributed by atoms with E-state index in [4.69, 9.17) is 0 Å². The Kier molecular flexibility index (Phi) is 5.56. The first-order chi connectivity index (χ1) is 14.0. The summed E-state index contributed by atoms with van der Waals surface area (Å²) >= 11 is 0. The van der Waals surface area contributed by atoms with Crippen LogP contribution in [0.5, 0.6) is 0 Å². The zero-order valence-electron chi connectivity index (χ0n) is 16.6. The van der Waals surface area contributed by atoms with E-state index in [9.17, 15) is 8.78 Å². The van der Waals surface area contributed by atoms with Gasteiger partial charge in [-0.05, 0) is 61.6 Å². The highest BCUT2D eigenvalue weighted by atomic mass is 19.1. The van der Waals surface area contributed by atoms with Gasteiger partial charge in [0.1, 0.15) is 17.2 Å². The van der Waals surface area contributed by atoms with Gasteiger partial charge in [0.15, 0.2) is 0 Å². The third-order valence-corrected chi connectivity index (χ3v) is 5.60. The van der Waals surface area contributed by atoms with Crippen molar-refractivity contribution in [1.82, 2.24) is 15.3 Å². The van der Waals surface area contributed by atoms with Crippen molar-refractivity contribution in [2.75, 3.05) is 0 Å². The number of aryl methyl sites for hydroxylation is 1. The van der Waals surface area contributed by atoms with E-state index < -0.39 is 11.6 Å². The molecule has 150 valence electrons. The standard InChI is InChI=1S/C24H25F2N3/c1-15-8-9-17(14-27-15)12-18-13-22(16(2)28-19-6-4-3-5-7-19)29-24-21(26)11-10-20(25)23(18)24/h8-11,13-14,19,28H,2-7,12H2,1H3. The maximum Gasteiger partial charge on any atom is 0.149 e. The van der Waals surface area contributed by atoms with Crippen LogP contribution in [0.2, 0.25) is 0 Å². The Bertz CT molecular complexity index is 1040. The summed E-state index contributed by atoms with van der Waals surface area (Å²) in [6.07, 6.45) is 8.06. The SMILES string of the molecule is C=C(NC1CCCCC1)c1cc(Cc2ccc(C)nc2)c2c(F)ccc(F)c2n1. The Morgan fingerprint density at radius 1 is 1.10 bits per heavy atom. The van der Waals surface area contributed by atoms with E-state index in [1.807, 2.05) is 25.1 Å². The molecule has 0 amide bonds. The Hall–Kier alpha value is -2.82. The molecule has 2 heterocycles. The van der Waals surface area contributed by atoms with Crippen LogP contribution in [-0.2, 0) is 6.42 Å². The fraction of sp³-hybridized carbons (Fsp3) is 0.333. The van der Waals surface area contributed by atoms with E-state index in [0.29, 0.717) is 29.4 Å². The smallest absolute Gasteiger partial charge is 0.149 e. The lowest BCUT2D eigenvalue weighted by molar-refractivity contribution is 0.409. The molecule has 1 aromatic carbocycles. The fourth-order valence-corrected chi connectivity index (χ4v) is 4.03. The molecule has 0 radical (unpaired) electrons. The summed E-state index contributed by atoms with van der Waals surface area (Å²) in [6, 6.07) is 8.34. The topological polar surface area (TPSA) is 37.8 Å². The zero-order valence-corrected chi connectivity index (χ0v) is 16.6. The molecule has 3 aromatic rings. The first-order valence-corrected chi connectivity index (χ1v) is 10.2. The lowest BCUT2D eigenvalue weighted by atomic mass is 9.95. The zero-order chi connectivity index (χ0) is 20.4. The molecule has 1 aliphatic carbocycles. The molecule has 0 bridgehead atoms. The van der Waals surface area contributed by atoms with Gasteiger partial charge in [0.05, 0.1) is 11.4 Å². The minimum atomic E-state index is -0.531. The van der Waals surface area contributed by atoms with Crippen molar-refractivity contribution in [3.05, 3.63) is 77.3 Å². The van der Waals surface area contributed by atoms with Crippen molar-refractivity contribution in [3.8, 4) is 0 Å². The molecule has 0 unspecified atom stereocenters. The molecule has 29 heavy (non-hydrogen) atoms. The van der Waals surface area contributed by atoms with E-state index in [2.05, 4.69) is 21.9 Å². The normalized spacial score (nSPS) is 14.9. The third-order valence-electron chi connectivity index (χ3n) is 5.60. The van der Waals surface area contributed by atoms with Gasteiger partial charge in [-0.3, -0.25) is 4.98 Å². The highest BCUT2D eigenvalue weighted by molar-refractivity contribution is 5.85. The molecule has 1 N–H and O–H groups in total. The Morgan fingerprint density at radius 3 is 2.59 bits per heavy atom. The largest absolute Gasteiger partial charge is 0.381 e. The van der Waals surface area contributed by atoms with Gasteiger partial charge in [-0.15, -0.1) is 0 Å². The van der Waals surface area contributed by atoms with Crippen LogP contribution in [0, 0.1) is 18.6 Å². The summed E-state index contributed by atoms with van der Waals surface area (Å²) in [7, 11) is 0. The molecule has 1 saturated carbocycles. The van der Waals surface area contributed by atoms with Gasteiger partial charge in [-0.25, -0.2) is 13.8 Å². The summed E-state index contributed by atoms with van der Waals surface area (Å²) in [5.41, 5.74) is 3.79.